The van der Waals surface area contributed by atoms with Gasteiger partial charge in [0.15, 0.2) is 0 Å². The number of carbonyl (C=O) groups excluding carboxylic acids is 1. The van der Waals surface area contributed by atoms with E-state index in [1.807, 2.05) is 4.90 Å². The second-order valence-electron chi connectivity index (χ2n) is 9.45. The fraction of sp³-hybridized carbons (Fsp3) is 0.357. The van der Waals surface area contributed by atoms with E-state index in [9.17, 15) is 23.2 Å². The molecule has 2 heterocycles. The Morgan fingerprint density at radius 3 is 2.56 bits per heavy atom. The minimum atomic E-state index is -1.51. The number of benzene rings is 2. The molecular weight excluding hydrogens is 538 g/mol. The minimum absolute atomic E-state index is 0.0353. The van der Waals surface area contributed by atoms with Gasteiger partial charge in [0.25, 0.3) is 0 Å². The summed E-state index contributed by atoms with van der Waals surface area (Å²) in [5, 5.41) is 10.1. The first-order valence-corrected chi connectivity index (χ1v) is 12.6. The molecule has 1 amide bonds. The maximum absolute atomic E-state index is 15.7. The molecule has 2 aromatic carbocycles. The minimum Gasteiger partial charge on any atom is -0.497 e. The highest BCUT2D eigenvalue weighted by Crippen LogP contribution is 2.42. The van der Waals surface area contributed by atoms with Crippen LogP contribution in [0.4, 0.5) is 17.6 Å². The van der Waals surface area contributed by atoms with Crippen molar-refractivity contribution >= 4 is 28.4 Å². The number of nitrogens with one attached hydrogen (secondary N) is 1. The van der Waals surface area contributed by atoms with Crippen LogP contribution >= 0.6 is 11.6 Å². The smallest absolute Gasteiger partial charge is 0.249 e. The lowest BCUT2D eigenvalue weighted by Gasteiger charge is -2.40. The van der Waals surface area contributed by atoms with Crippen molar-refractivity contribution in [3.8, 4) is 17.6 Å². The molecule has 1 unspecified atom stereocenters. The second-order valence-corrected chi connectivity index (χ2v) is 9.86. The van der Waals surface area contributed by atoms with Gasteiger partial charge in [0.2, 0.25) is 5.91 Å². The summed E-state index contributed by atoms with van der Waals surface area (Å²) in [4.78, 5) is 18.8. The average Bonchev–Trinajstić information content (AvgIpc) is 2.93. The van der Waals surface area contributed by atoms with Gasteiger partial charge in [0, 0.05) is 42.4 Å². The van der Waals surface area contributed by atoms with Crippen molar-refractivity contribution in [3.05, 3.63) is 70.1 Å². The molecule has 0 saturated carbocycles. The van der Waals surface area contributed by atoms with Crippen molar-refractivity contribution in [1.82, 2.24) is 15.4 Å². The van der Waals surface area contributed by atoms with E-state index in [1.165, 1.54) is 13.3 Å². The predicted molar refractivity (Wildman–Crippen MR) is 138 cm³/mol. The number of hydrogen-bond acceptors (Lipinski definition) is 5. The summed E-state index contributed by atoms with van der Waals surface area (Å²) in [5.74, 6) is 1.79. The Hall–Kier alpha value is -3.39. The first kappa shape index (κ1) is 28.6. The van der Waals surface area contributed by atoms with Gasteiger partial charge in [-0.15, -0.1) is 0 Å². The van der Waals surface area contributed by atoms with Crippen LogP contribution < -0.4 is 10.2 Å². The van der Waals surface area contributed by atoms with Gasteiger partial charge in [-0.3, -0.25) is 19.9 Å². The summed E-state index contributed by atoms with van der Waals surface area (Å²) in [6.45, 7) is 0.909. The van der Waals surface area contributed by atoms with Crippen LogP contribution in [0, 0.1) is 34.7 Å². The zero-order chi connectivity index (χ0) is 28.2. The number of piperidine rings is 1. The molecule has 0 radical (unpaired) electrons. The van der Waals surface area contributed by atoms with Crippen molar-refractivity contribution in [3.63, 3.8) is 0 Å². The molecule has 39 heavy (non-hydrogen) atoms. The third-order valence-corrected chi connectivity index (χ3v) is 7.48. The summed E-state index contributed by atoms with van der Waals surface area (Å²) < 4.78 is 61.7. The topological polar surface area (TPSA) is 74.7 Å². The van der Waals surface area contributed by atoms with Crippen LogP contribution in [0.5, 0.6) is 5.75 Å². The summed E-state index contributed by atoms with van der Waals surface area (Å²) >= 11 is 6.33. The van der Waals surface area contributed by atoms with Crippen LogP contribution in [0.2, 0.25) is 5.02 Å². The number of halogens is 5. The Balaban J connectivity index is 1.45. The predicted octanol–water partition coefficient (Wildman–Crippen LogP) is 5.74. The number of pyridine rings is 1. The molecule has 6 nitrogen and oxygen atoms in total. The Bertz CT molecular complexity index is 1410. The maximum atomic E-state index is 15.7. The average molecular weight is 564 g/mol. The van der Waals surface area contributed by atoms with Crippen LogP contribution in [0.3, 0.4) is 0 Å². The largest absolute Gasteiger partial charge is 0.497 e. The van der Waals surface area contributed by atoms with Crippen molar-refractivity contribution in [2.75, 3.05) is 26.7 Å². The fourth-order valence-electron chi connectivity index (χ4n) is 4.91. The number of carbonyl (C=O) groups is 1. The maximum Gasteiger partial charge on any atom is 0.249 e. The third-order valence-electron chi connectivity index (χ3n) is 7.18. The van der Waals surface area contributed by atoms with E-state index in [4.69, 9.17) is 16.3 Å². The zero-order valence-corrected chi connectivity index (χ0v) is 21.8. The molecule has 1 aliphatic rings. The highest BCUT2D eigenvalue weighted by atomic mass is 35.5. The first-order valence-electron chi connectivity index (χ1n) is 12.2. The number of fused-ring (bicyclic) bond motifs is 1. The van der Waals surface area contributed by atoms with Gasteiger partial charge in [-0.25, -0.2) is 23.0 Å². The normalized spacial score (nSPS) is 15.9. The van der Waals surface area contributed by atoms with Crippen molar-refractivity contribution in [2.24, 2.45) is 5.41 Å². The lowest BCUT2D eigenvalue weighted by Crippen LogP contribution is -2.48. The van der Waals surface area contributed by atoms with Crippen LogP contribution in [-0.4, -0.2) is 47.7 Å². The molecule has 1 aliphatic heterocycles. The number of nitrogens with zero attached hydrogens (tertiary/aromatic N) is 2. The number of hydrogen-bond donors (Lipinski definition) is 2. The van der Waals surface area contributed by atoms with Gasteiger partial charge < -0.3 is 4.74 Å². The first-order chi connectivity index (χ1) is 18.7. The van der Waals surface area contributed by atoms with E-state index in [0.29, 0.717) is 54.7 Å². The molecule has 1 saturated heterocycles. The SMILES string of the molecule is COc1ccc2ncc(Cl)c(C(F)CCC3(C(=O)NO)CCN(CC#Cc4c(F)cc(F)cc4F)CC3)c2c1. The molecule has 1 aromatic heterocycles. The molecule has 0 aliphatic carbocycles. The summed E-state index contributed by atoms with van der Waals surface area (Å²) in [6.07, 6.45) is 0.570. The van der Waals surface area contributed by atoms with Crippen LogP contribution in [0.15, 0.2) is 36.5 Å². The molecule has 11 heteroatoms. The van der Waals surface area contributed by atoms with Gasteiger partial charge >= 0.3 is 0 Å². The zero-order valence-electron chi connectivity index (χ0n) is 21.0. The quantitative estimate of drug-likeness (QED) is 0.166. The van der Waals surface area contributed by atoms with Crippen LogP contribution in [-0.2, 0) is 4.79 Å². The van der Waals surface area contributed by atoms with Gasteiger partial charge in [-0.2, -0.15) is 0 Å². The fourth-order valence-corrected chi connectivity index (χ4v) is 5.18. The summed E-state index contributed by atoms with van der Waals surface area (Å²) in [7, 11) is 1.50. The number of amides is 1. The van der Waals surface area contributed by atoms with Crippen LogP contribution in [0.1, 0.15) is 43.0 Å². The molecule has 2 N–H and O–H groups in total. The van der Waals surface area contributed by atoms with Gasteiger partial charge in [0.1, 0.15) is 29.4 Å². The van der Waals surface area contributed by atoms with Gasteiger partial charge in [-0.05, 0) is 43.9 Å². The Kier molecular flexibility index (Phi) is 8.95. The number of ether oxygens (including phenoxy) is 1. The highest BCUT2D eigenvalue weighted by Gasteiger charge is 2.41. The molecule has 4 rings (SSSR count). The molecule has 1 fully saturated rings. The van der Waals surface area contributed by atoms with E-state index in [2.05, 4.69) is 16.8 Å². The highest BCUT2D eigenvalue weighted by molar-refractivity contribution is 6.32. The molecule has 0 bridgehead atoms. The number of rotatable bonds is 7. The molecule has 3 aromatic rings. The number of alkyl halides is 1. The van der Waals surface area contributed by atoms with E-state index in [1.54, 1.807) is 23.7 Å². The molecule has 0 spiro atoms. The number of aromatic nitrogens is 1. The van der Waals surface area contributed by atoms with E-state index >= 15 is 4.39 Å². The Labute approximate surface area is 227 Å². The second kappa shape index (κ2) is 12.2. The molecular formula is C28H26ClF4N3O3. The lowest BCUT2D eigenvalue weighted by molar-refractivity contribution is -0.143. The van der Waals surface area contributed by atoms with Crippen molar-refractivity contribution in [2.45, 2.75) is 31.9 Å². The number of likely N-dealkylation sites (tertiary alicyclic amines) is 1. The van der Waals surface area contributed by atoms with Gasteiger partial charge in [0.05, 0.1) is 35.2 Å². The van der Waals surface area contributed by atoms with Gasteiger partial charge in [-0.1, -0.05) is 23.4 Å². The standard InChI is InChI=1S/C28H26ClF4N3O3/c1-39-18-4-5-25-20(15-18)26(21(29)16-34-25)22(31)6-7-28(27(37)35-38)8-11-36(12-9-28)10-2-3-19-23(32)13-17(30)14-24(19)33/h4-5,13-16,22,38H,6-12H2,1H3,(H,35,37). The van der Waals surface area contributed by atoms with E-state index in [0.717, 1.165) is 0 Å². The lowest BCUT2D eigenvalue weighted by atomic mass is 9.73. The Morgan fingerprint density at radius 2 is 1.92 bits per heavy atom. The Morgan fingerprint density at radius 1 is 1.23 bits per heavy atom. The van der Waals surface area contributed by atoms with Crippen molar-refractivity contribution < 1.29 is 32.3 Å². The number of methoxy groups -OCH3 is 1. The monoisotopic (exact) mass is 563 g/mol. The van der Waals surface area contributed by atoms with Crippen LogP contribution in [0.25, 0.3) is 10.9 Å². The summed E-state index contributed by atoms with van der Waals surface area (Å²) in [5.41, 5.74) is 0.972. The number of hydroxylamine groups is 1. The third kappa shape index (κ3) is 6.27. The van der Waals surface area contributed by atoms with Crippen molar-refractivity contribution in [1.29, 1.82) is 0 Å². The molecule has 1 atom stereocenters. The summed E-state index contributed by atoms with van der Waals surface area (Å²) in [6, 6.07) is 6.21. The van der Waals surface area contributed by atoms with E-state index < -0.39 is 40.5 Å². The van der Waals surface area contributed by atoms with E-state index in [-0.39, 0.29) is 30.0 Å². The molecule has 206 valence electrons.